The van der Waals surface area contributed by atoms with Gasteiger partial charge in [0.1, 0.15) is 0 Å². The molecule has 0 fully saturated rings. The van der Waals surface area contributed by atoms with Crippen molar-refractivity contribution in [1.29, 1.82) is 0 Å². The van der Waals surface area contributed by atoms with E-state index in [1.807, 2.05) is 19.1 Å². The number of rotatable bonds is 6. The average molecular weight is 310 g/mol. The Morgan fingerprint density at radius 1 is 1.20 bits per heavy atom. The summed E-state index contributed by atoms with van der Waals surface area (Å²) in [6, 6.07) is 8.53. The number of ether oxygens (including phenoxy) is 1. The lowest BCUT2D eigenvalue weighted by Crippen LogP contribution is -2.02. The molecule has 0 aliphatic rings. The van der Waals surface area contributed by atoms with Gasteiger partial charge in [0, 0.05) is 5.75 Å². The minimum absolute atomic E-state index is 0.165. The Morgan fingerprint density at radius 2 is 2.00 bits per heavy atom. The van der Waals surface area contributed by atoms with Crippen molar-refractivity contribution in [2.24, 2.45) is 0 Å². The molecule has 0 radical (unpaired) electrons. The summed E-state index contributed by atoms with van der Waals surface area (Å²) in [4.78, 5) is 12.3. The molecule has 1 aromatic heterocycles. The van der Waals surface area contributed by atoms with E-state index in [1.165, 1.54) is 22.9 Å². The van der Waals surface area contributed by atoms with Gasteiger partial charge in [0.05, 0.1) is 6.61 Å². The second kappa shape index (κ2) is 7.45. The molecule has 0 saturated carbocycles. The molecule has 6 heteroatoms. The van der Waals surface area contributed by atoms with E-state index >= 15 is 0 Å². The number of halogens is 1. The number of aryl methyl sites for hydroxylation is 1. The van der Waals surface area contributed by atoms with Crippen LogP contribution < -0.4 is 4.74 Å². The number of nitrogens with zero attached hydrogens (tertiary/aromatic N) is 3. The first-order chi connectivity index (χ1) is 9.69. The number of thioether (sulfide) groups is 1. The predicted octanol–water partition coefficient (Wildman–Crippen LogP) is 3.91. The highest BCUT2D eigenvalue weighted by Gasteiger charge is 2.07. The summed E-state index contributed by atoms with van der Waals surface area (Å²) in [5, 5.41) is 0.748. The van der Waals surface area contributed by atoms with Gasteiger partial charge in [0.25, 0.3) is 0 Å². The Hall–Kier alpha value is -1.33. The maximum Gasteiger partial charge on any atom is 0.321 e. The first kappa shape index (κ1) is 15.1. The van der Waals surface area contributed by atoms with E-state index in [0.29, 0.717) is 17.8 Å². The fourth-order valence-corrected chi connectivity index (χ4v) is 2.66. The van der Waals surface area contributed by atoms with Gasteiger partial charge in [0.2, 0.25) is 5.28 Å². The lowest BCUT2D eigenvalue weighted by Gasteiger charge is -2.06. The fraction of sp³-hybridized carbons (Fsp3) is 0.357. The lowest BCUT2D eigenvalue weighted by atomic mass is 10.1. The van der Waals surface area contributed by atoms with E-state index in [1.54, 1.807) is 0 Å². The van der Waals surface area contributed by atoms with Crippen LogP contribution in [0.2, 0.25) is 5.28 Å². The monoisotopic (exact) mass is 309 g/mol. The number of hydrogen-bond donors (Lipinski definition) is 0. The second-order valence-corrected chi connectivity index (χ2v) is 5.51. The third kappa shape index (κ3) is 4.35. The summed E-state index contributed by atoms with van der Waals surface area (Å²) >= 11 is 7.41. The SMILES string of the molecule is CCCOc1nc(Cl)nc(SCc2ccccc2C)n1. The summed E-state index contributed by atoms with van der Waals surface area (Å²) < 4.78 is 5.39. The molecule has 20 heavy (non-hydrogen) atoms. The highest BCUT2D eigenvalue weighted by atomic mass is 35.5. The molecule has 0 amide bonds. The summed E-state index contributed by atoms with van der Waals surface area (Å²) in [6.45, 7) is 4.69. The number of aromatic nitrogens is 3. The van der Waals surface area contributed by atoms with Crippen molar-refractivity contribution in [2.75, 3.05) is 6.61 Å². The van der Waals surface area contributed by atoms with Gasteiger partial charge in [-0.05, 0) is 36.1 Å². The molecule has 0 aliphatic carbocycles. The van der Waals surface area contributed by atoms with E-state index in [-0.39, 0.29) is 5.28 Å². The molecule has 1 heterocycles. The van der Waals surface area contributed by atoms with Crippen molar-refractivity contribution < 1.29 is 4.74 Å². The number of hydrogen-bond acceptors (Lipinski definition) is 5. The molecule has 0 atom stereocenters. The van der Waals surface area contributed by atoms with Crippen LogP contribution in [0.5, 0.6) is 6.01 Å². The van der Waals surface area contributed by atoms with Crippen LogP contribution in [0.3, 0.4) is 0 Å². The molecule has 0 spiro atoms. The van der Waals surface area contributed by atoms with Crippen molar-refractivity contribution in [1.82, 2.24) is 15.0 Å². The predicted molar refractivity (Wildman–Crippen MR) is 81.4 cm³/mol. The lowest BCUT2D eigenvalue weighted by molar-refractivity contribution is 0.288. The van der Waals surface area contributed by atoms with Crippen molar-refractivity contribution in [3.63, 3.8) is 0 Å². The fourth-order valence-electron chi connectivity index (χ4n) is 1.55. The minimum Gasteiger partial charge on any atom is -0.463 e. The van der Waals surface area contributed by atoms with Gasteiger partial charge in [-0.25, -0.2) is 0 Å². The van der Waals surface area contributed by atoms with Crippen molar-refractivity contribution in [3.8, 4) is 6.01 Å². The van der Waals surface area contributed by atoms with E-state index in [9.17, 15) is 0 Å². The summed E-state index contributed by atoms with van der Waals surface area (Å²) in [6.07, 6.45) is 0.898. The van der Waals surface area contributed by atoms with Gasteiger partial charge in [-0.3, -0.25) is 0 Å². The molecule has 0 unspecified atom stereocenters. The van der Waals surface area contributed by atoms with Gasteiger partial charge < -0.3 is 4.74 Å². The van der Waals surface area contributed by atoms with E-state index in [0.717, 1.165) is 12.2 Å². The Bertz CT molecular complexity index is 580. The van der Waals surface area contributed by atoms with Gasteiger partial charge in [0.15, 0.2) is 5.16 Å². The van der Waals surface area contributed by atoms with Crippen LogP contribution in [0.4, 0.5) is 0 Å². The van der Waals surface area contributed by atoms with Crippen LogP contribution in [0.15, 0.2) is 29.4 Å². The zero-order chi connectivity index (χ0) is 14.4. The molecular formula is C14H16ClN3OS. The largest absolute Gasteiger partial charge is 0.463 e. The first-order valence-electron chi connectivity index (χ1n) is 6.40. The highest BCUT2D eigenvalue weighted by molar-refractivity contribution is 7.98. The van der Waals surface area contributed by atoms with Crippen molar-refractivity contribution >= 4 is 23.4 Å². The molecular weight excluding hydrogens is 294 g/mol. The van der Waals surface area contributed by atoms with Gasteiger partial charge in [-0.2, -0.15) is 15.0 Å². The van der Waals surface area contributed by atoms with Gasteiger partial charge >= 0.3 is 6.01 Å². The van der Waals surface area contributed by atoms with E-state index < -0.39 is 0 Å². The third-order valence-electron chi connectivity index (χ3n) is 2.62. The van der Waals surface area contributed by atoms with E-state index in [2.05, 4.69) is 34.0 Å². The Labute approximate surface area is 128 Å². The zero-order valence-electron chi connectivity index (χ0n) is 11.5. The van der Waals surface area contributed by atoms with Crippen LogP contribution in [0, 0.1) is 6.92 Å². The summed E-state index contributed by atoms with van der Waals surface area (Å²) in [5.41, 5.74) is 2.51. The summed E-state index contributed by atoms with van der Waals surface area (Å²) in [5.74, 6) is 0.792. The van der Waals surface area contributed by atoms with Crippen LogP contribution in [0.1, 0.15) is 24.5 Å². The molecule has 0 N–H and O–H groups in total. The third-order valence-corrected chi connectivity index (χ3v) is 3.69. The normalized spacial score (nSPS) is 10.6. The molecule has 0 aliphatic heterocycles. The Kier molecular flexibility index (Phi) is 5.61. The molecule has 106 valence electrons. The van der Waals surface area contributed by atoms with Gasteiger partial charge in [-0.15, -0.1) is 0 Å². The van der Waals surface area contributed by atoms with Crippen LogP contribution >= 0.6 is 23.4 Å². The zero-order valence-corrected chi connectivity index (χ0v) is 13.0. The molecule has 4 nitrogen and oxygen atoms in total. The van der Waals surface area contributed by atoms with Crippen LogP contribution in [-0.4, -0.2) is 21.6 Å². The molecule has 2 aromatic rings. The first-order valence-corrected chi connectivity index (χ1v) is 7.77. The smallest absolute Gasteiger partial charge is 0.321 e. The molecule has 2 rings (SSSR count). The Balaban J connectivity index is 2.05. The van der Waals surface area contributed by atoms with Crippen molar-refractivity contribution in [3.05, 3.63) is 40.7 Å². The number of benzene rings is 1. The average Bonchev–Trinajstić information content (AvgIpc) is 2.44. The summed E-state index contributed by atoms with van der Waals surface area (Å²) in [7, 11) is 0. The topological polar surface area (TPSA) is 47.9 Å². The highest BCUT2D eigenvalue weighted by Crippen LogP contribution is 2.23. The molecule has 0 bridgehead atoms. The Morgan fingerprint density at radius 3 is 2.75 bits per heavy atom. The second-order valence-electron chi connectivity index (χ2n) is 4.23. The quantitative estimate of drug-likeness (QED) is 0.757. The van der Waals surface area contributed by atoms with Crippen LogP contribution in [-0.2, 0) is 5.75 Å². The van der Waals surface area contributed by atoms with Crippen molar-refractivity contribution in [2.45, 2.75) is 31.2 Å². The molecule has 1 aromatic carbocycles. The molecule has 0 saturated heterocycles. The van der Waals surface area contributed by atoms with Gasteiger partial charge in [-0.1, -0.05) is 43.0 Å². The maximum atomic E-state index is 5.89. The minimum atomic E-state index is 0.165. The maximum absolute atomic E-state index is 5.89. The standard InChI is InChI=1S/C14H16ClN3OS/c1-3-8-19-13-16-12(15)17-14(18-13)20-9-11-7-5-4-6-10(11)2/h4-7H,3,8-9H2,1-2H3. The van der Waals surface area contributed by atoms with E-state index in [4.69, 9.17) is 16.3 Å². The van der Waals surface area contributed by atoms with Crippen LogP contribution in [0.25, 0.3) is 0 Å².